The molecule has 0 unspecified atom stereocenters. The van der Waals surface area contributed by atoms with Crippen LogP contribution < -0.4 is 0 Å². The Kier molecular flexibility index (Phi) is 1.85. The Bertz CT molecular complexity index is 200. The van der Waals surface area contributed by atoms with Gasteiger partial charge in [-0.3, -0.25) is 4.90 Å². The van der Waals surface area contributed by atoms with Crippen LogP contribution in [-0.4, -0.2) is 32.8 Å². The molecule has 1 aromatic heterocycles. The summed E-state index contributed by atoms with van der Waals surface area (Å²) in [7, 11) is 0. The number of nitrogens with zero attached hydrogens (tertiary/aromatic N) is 4. The van der Waals surface area contributed by atoms with E-state index in [0.29, 0.717) is 0 Å². The van der Waals surface area contributed by atoms with E-state index in [1.165, 1.54) is 25.9 Å². The van der Waals surface area contributed by atoms with Gasteiger partial charge in [0.1, 0.15) is 12.7 Å². The molecule has 4 nitrogen and oxygen atoms in total. The quantitative estimate of drug-likeness (QED) is 0.612. The standard InChI is InChI=1S/C7H12N4/c1-2-4-10(3-1)7-11-6-8-5-9-11/h5-6H,1-4,7H2. The molecule has 1 fully saturated rings. The van der Waals surface area contributed by atoms with E-state index in [2.05, 4.69) is 15.0 Å². The lowest BCUT2D eigenvalue weighted by atomic mass is 10.4. The molecule has 11 heavy (non-hydrogen) atoms. The van der Waals surface area contributed by atoms with Crippen molar-refractivity contribution in [3.05, 3.63) is 12.7 Å². The molecule has 0 radical (unpaired) electrons. The summed E-state index contributed by atoms with van der Waals surface area (Å²) in [6.45, 7) is 3.32. The van der Waals surface area contributed by atoms with Crippen LogP contribution >= 0.6 is 0 Å². The van der Waals surface area contributed by atoms with Crippen molar-refractivity contribution >= 4 is 0 Å². The average Bonchev–Trinajstić information content (AvgIpc) is 2.60. The van der Waals surface area contributed by atoms with Crippen molar-refractivity contribution < 1.29 is 0 Å². The second-order valence-electron chi connectivity index (χ2n) is 2.90. The highest BCUT2D eigenvalue weighted by Crippen LogP contribution is 2.07. The maximum atomic E-state index is 4.04. The lowest BCUT2D eigenvalue weighted by Crippen LogP contribution is -2.22. The van der Waals surface area contributed by atoms with E-state index in [4.69, 9.17) is 0 Å². The van der Waals surface area contributed by atoms with Crippen molar-refractivity contribution in [3.8, 4) is 0 Å². The van der Waals surface area contributed by atoms with E-state index in [1.807, 2.05) is 4.68 Å². The molecule has 2 heterocycles. The van der Waals surface area contributed by atoms with Gasteiger partial charge in [-0.1, -0.05) is 0 Å². The fourth-order valence-electron chi connectivity index (χ4n) is 1.43. The Balaban J connectivity index is 1.90. The Morgan fingerprint density at radius 2 is 2.09 bits per heavy atom. The van der Waals surface area contributed by atoms with E-state index in [-0.39, 0.29) is 0 Å². The Labute approximate surface area is 65.8 Å². The first-order valence-corrected chi connectivity index (χ1v) is 4.00. The van der Waals surface area contributed by atoms with Gasteiger partial charge in [-0.15, -0.1) is 0 Å². The summed E-state index contributed by atoms with van der Waals surface area (Å²) < 4.78 is 1.87. The molecule has 60 valence electrons. The highest BCUT2D eigenvalue weighted by atomic mass is 15.4. The average molecular weight is 152 g/mol. The van der Waals surface area contributed by atoms with E-state index in [9.17, 15) is 0 Å². The van der Waals surface area contributed by atoms with E-state index in [0.717, 1.165) is 6.67 Å². The Morgan fingerprint density at radius 3 is 2.73 bits per heavy atom. The summed E-state index contributed by atoms with van der Waals surface area (Å²) >= 11 is 0. The fourth-order valence-corrected chi connectivity index (χ4v) is 1.43. The van der Waals surface area contributed by atoms with Crippen LogP contribution in [0.15, 0.2) is 12.7 Å². The van der Waals surface area contributed by atoms with Gasteiger partial charge in [0.05, 0.1) is 6.67 Å². The van der Waals surface area contributed by atoms with Gasteiger partial charge in [-0.25, -0.2) is 9.67 Å². The molecule has 1 aliphatic heterocycles. The SMILES string of the molecule is c1ncn(CN2CCCC2)n1. The highest BCUT2D eigenvalue weighted by molar-refractivity contribution is 4.64. The summed E-state index contributed by atoms with van der Waals surface area (Å²) in [5, 5.41) is 4.04. The van der Waals surface area contributed by atoms with Crippen LogP contribution in [0.2, 0.25) is 0 Å². The van der Waals surface area contributed by atoms with Gasteiger partial charge >= 0.3 is 0 Å². The molecule has 4 heteroatoms. The first-order chi connectivity index (χ1) is 5.45. The zero-order chi connectivity index (χ0) is 7.52. The number of likely N-dealkylation sites (tertiary alicyclic amines) is 1. The maximum Gasteiger partial charge on any atom is 0.137 e. The predicted molar refractivity (Wildman–Crippen MR) is 40.8 cm³/mol. The fraction of sp³-hybridized carbons (Fsp3) is 0.714. The van der Waals surface area contributed by atoms with Crippen LogP contribution in [0, 0.1) is 0 Å². The molecule has 1 aromatic rings. The van der Waals surface area contributed by atoms with Gasteiger partial charge < -0.3 is 0 Å². The predicted octanol–water partition coefficient (Wildman–Crippen LogP) is 0.331. The van der Waals surface area contributed by atoms with Crippen molar-refractivity contribution in [3.63, 3.8) is 0 Å². The van der Waals surface area contributed by atoms with Gasteiger partial charge in [0, 0.05) is 0 Å². The van der Waals surface area contributed by atoms with E-state index >= 15 is 0 Å². The third-order valence-corrected chi connectivity index (χ3v) is 2.01. The molecule has 1 aliphatic rings. The number of rotatable bonds is 2. The van der Waals surface area contributed by atoms with Crippen molar-refractivity contribution in [2.45, 2.75) is 19.5 Å². The van der Waals surface area contributed by atoms with E-state index in [1.54, 1.807) is 12.7 Å². The van der Waals surface area contributed by atoms with E-state index < -0.39 is 0 Å². The molecule has 1 saturated heterocycles. The monoisotopic (exact) mass is 152 g/mol. The second-order valence-corrected chi connectivity index (χ2v) is 2.90. The first-order valence-electron chi connectivity index (χ1n) is 4.00. The summed E-state index contributed by atoms with van der Waals surface area (Å²) in [5.74, 6) is 0. The smallest absolute Gasteiger partial charge is 0.137 e. The molecule has 0 bridgehead atoms. The molecule has 0 aliphatic carbocycles. The molecular formula is C7H12N4. The van der Waals surface area contributed by atoms with Crippen LogP contribution in [0.1, 0.15) is 12.8 Å². The van der Waals surface area contributed by atoms with Gasteiger partial charge in [-0.2, -0.15) is 5.10 Å². The lowest BCUT2D eigenvalue weighted by molar-refractivity contribution is 0.255. The topological polar surface area (TPSA) is 34.0 Å². The highest BCUT2D eigenvalue weighted by Gasteiger charge is 2.10. The minimum Gasteiger partial charge on any atom is -0.284 e. The zero-order valence-electron chi connectivity index (χ0n) is 6.48. The Hall–Kier alpha value is -0.900. The summed E-state index contributed by atoms with van der Waals surface area (Å²) in [6, 6.07) is 0. The van der Waals surface area contributed by atoms with Crippen molar-refractivity contribution in [2.75, 3.05) is 13.1 Å². The molecule has 0 saturated carbocycles. The summed E-state index contributed by atoms with van der Waals surface area (Å²) in [6.07, 6.45) is 6.00. The van der Waals surface area contributed by atoms with Gasteiger partial charge in [-0.05, 0) is 25.9 Å². The van der Waals surface area contributed by atoms with Crippen LogP contribution in [-0.2, 0) is 6.67 Å². The van der Waals surface area contributed by atoms with Crippen molar-refractivity contribution in [2.24, 2.45) is 0 Å². The molecule has 0 spiro atoms. The second kappa shape index (κ2) is 3.00. The van der Waals surface area contributed by atoms with Crippen molar-refractivity contribution in [1.82, 2.24) is 19.7 Å². The summed E-state index contributed by atoms with van der Waals surface area (Å²) in [5.41, 5.74) is 0. The molecule has 2 rings (SSSR count). The molecular weight excluding hydrogens is 140 g/mol. The maximum absolute atomic E-state index is 4.04. The third-order valence-electron chi connectivity index (χ3n) is 2.01. The van der Waals surface area contributed by atoms with Crippen LogP contribution in [0.25, 0.3) is 0 Å². The van der Waals surface area contributed by atoms with Gasteiger partial charge in [0.25, 0.3) is 0 Å². The molecule has 0 aromatic carbocycles. The normalized spacial score (nSPS) is 19.3. The summed E-state index contributed by atoms with van der Waals surface area (Å²) in [4.78, 5) is 6.27. The number of hydrogen-bond donors (Lipinski definition) is 0. The largest absolute Gasteiger partial charge is 0.284 e. The third kappa shape index (κ3) is 1.57. The number of hydrogen-bond acceptors (Lipinski definition) is 3. The van der Waals surface area contributed by atoms with Crippen LogP contribution in [0.5, 0.6) is 0 Å². The molecule has 0 atom stereocenters. The van der Waals surface area contributed by atoms with Gasteiger partial charge in [0.2, 0.25) is 0 Å². The molecule has 0 N–H and O–H groups in total. The van der Waals surface area contributed by atoms with Gasteiger partial charge in [0.15, 0.2) is 0 Å². The van der Waals surface area contributed by atoms with Crippen LogP contribution in [0.4, 0.5) is 0 Å². The first kappa shape index (κ1) is 6.79. The minimum absolute atomic E-state index is 0.903. The van der Waals surface area contributed by atoms with Crippen LogP contribution in [0.3, 0.4) is 0 Å². The van der Waals surface area contributed by atoms with Crippen molar-refractivity contribution in [1.29, 1.82) is 0 Å². The molecule has 0 amide bonds. The number of aromatic nitrogens is 3. The Morgan fingerprint density at radius 1 is 1.27 bits per heavy atom. The lowest BCUT2D eigenvalue weighted by Gasteiger charge is -2.12. The zero-order valence-corrected chi connectivity index (χ0v) is 6.48. The minimum atomic E-state index is 0.903.